The maximum absolute atomic E-state index is 11.3. The van der Waals surface area contributed by atoms with Crippen molar-refractivity contribution in [1.82, 2.24) is 5.32 Å². The van der Waals surface area contributed by atoms with Crippen molar-refractivity contribution in [3.8, 4) is 0 Å². The van der Waals surface area contributed by atoms with Gasteiger partial charge in [0, 0.05) is 12.4 Å². The van der Waals surface area contributed by atoms with E-state index in [2.05, 4.69) is 5.32 Å². The number of carboxylic acids is 2. The van der Waals surface area contributed by atoms with Crippen molar-refractivity contribution in [2.24, 2.45) is 0 Å². The number of hydrogen-bond acceptors (Lipinski definition) is 6. The average Bonchev–Trinajstić information content (AvgIpc) is 2.31. The number of nitrogens with one attached hydrogen (secondary N) is 1. The van der Waals surface area contributed by atoms with Gasteiger partial charge in [0.15, 0.2) is 0 Å². The monoisotopic (exact) mass is 295 g/mol. The Labute approximate surface area is 113 Å². The molecule has 1 amide bonds. The van der Waals surface area contributed by atoms with Gasteiger partial charge in [-0.25, -0.2) is 4.79 Å². The van der Waals surface area contributed by atoms with Crippen molar-refractivity contribution in [2.75, 3.05) is 18.1 Å². The van der Waals surface area contributed by atoms with Crippen LogP contribution in [0.5, 0.6) is 0 Å². The molecule has 19 heavy (non-hydrogen) atoms. The van der Waals surface area contributed by atoms with E-state index in [0.717, 1.165) is 0 Å². The largest absolute Gasteiger partial charge is 0.481 e. The number of thioether (sulfide) groups is 1. The quantitative estimate of drug-likeness (QED) is 0.306. The van der Waals surface area contributed by atoms with Gasteiger partial charge < -0.3 is 25.7 Å². The SMILES string of the molecule is O=C(O)CC(O)C(=O)N[C@@H](CSCCCO)C(=O)O. The van der Waals surface area contributed by atoms with Crippen molar-refractivity contribution in [3.63, 3.8) is 0 Å². The number of carbonyl (C=O) groups is 3. The molecular formula is C10H17NO7S. The Morgan fingerprint density at radius 1 is 1.21 bits per heavy atom. The number of carbonyl (C=O) groups excluding carboxylic acids is 1. The minimum Gasteiger partial charge on any atom is -0.481 e. The van der Waals surface area contributed by atoms with Crippen LogP contribution in [0.3, 0.4) is 0 Å². The lowest BCUT2D eigenvalue weighted by Crippen LogP contribution is -2.47. The molecule has 0 saturated carbocycles. The normalized spacial score (nSPS) is 13.6. The third-order valence-corrected chi connectivity index (χ3v) is 3.16. The molecule has 0 rings (SSSR count). The van der Waals surface area contributed by atoms with E-state index >= 15 is 0 Å². The maximum Gasteiger partial charge on any atom is 0.327 e. The summed E-state index contributed by atoms with van der Waals surface area (Å²) in [5.74, 6) is -3.05. The molecule has 0 fully saturated rings. The fourth-order valence-corrected chi connectivity index (χ4v) is 2.03. The molecule has 1 unspecified atom stereocenters. The molecule has 2 atom stereocenters. The zero-order chi connectivity index (χ0) is 14.8. The van der Waals surface area contributed by atoms with E-state index in [9.17, 15) is 19.5 Å². The van der Waals surface area contributed by atoms with Crippen LogP contribution in [-0.4, -0.2) is 68.5 Å². The van der Waals surface area contributed by atoms with Crippen LogP contribution in [0.1, 0.15) is 12.8 Å². The number of aliphatic carboxylic acids is 2. The fraction of sp³-hybridized carbons (Fsp3) is 0.700. The first-order valence-corrected chi connectivity index (χ1v) is 6.65. The van der Waals surface area contributed by atoms with Crippen molar-refractivity contribution in [3.05, 3.63) is 0 Å². The number of amides is 1. The fourth-order valence-electron chi connectivity index (χ4n) is 1.07. The van der Waals surface area contributed by atoms with E-state index in [-0.39, 0.29) is 12.4 Å². The van der Waals surface area contributed by atoms with Gasteiger partial charge >= 0.3 is 11.9 Å². The predicted octanol–water partition coefficient (Wildman–Crippen LogP) is -1.49. The lowest BCUT2D eigenvalue weighted by atomic mass is 10.2. The molecule has 0 aliphatic rings. The number of rotatable bonds is 10. The second-order valence-corrected chi connectivity index (χ2v) is 4.81. The molecule has 0 aromatic carbocycles. The summed E-state index contributed by atoms with van der Waals surface area (Å²) < 4.78 is 0. The first kappa shape index (κ1) is 17.7. The van der Waals surface area contributed by atoms with E-state index in [1.165, 1.54) is 11.8 Å². The van der Waals surface area contributed by atoms with Crippen LogP contribution < -0.4 is 5.32 Å². The molecule has 0 radical (unpaired) electrons. The molecule has 0 aromatic rings. The molecule has 0 aliphatic carbocycles. The molecule has 110 valence electrons. The molecule has 0 spiro atoms. The average molecular weight is 295 g/mol. The predicted molar refractivity (Wildman–Crippen MR) is 66.9 cm³/mol. The highest BCUT2D eigenvalue weighted by Gasteiger charge is 2.25. The van der Waals surface area contributed by atoms with Gasteiger partial charge in [-0.15, -0.1) is 0 Å². The van der Waals surface area contributed by atoms with Crippen molar-refractivity contribution < 1.29 is 34.8 Å². The topological polar surface area (TPSA) is 144 Å². The lowest BCUT2D eigenvalue weighted by Gasteiger charge is -2.16. The van der Waals surface area contributed by atoms with Gasteiger partial charge in [0.05, 0.1) is 6.42 Å². The van der Waals surface area contributed by atoms with Gasteiger partial charge in [0.2, 0.25) is 5.91 Å². The third kappa shape index (κ3) is 8.41. The number of aliphatic hydroxyl groups excluding tert-OH is 2. The van der Waals surface area contributed by atoms with Crippen LogP contribution in [-0.2, 0) is 14.4 Å². The third-order valence-electron chi connectivity index (χ3n) is 2.02. The zero-order valence-corrected chi connectivity index (χ0v) is 10.9. The summed E-state index contributed by atoms with van der Waals surface area (Å²) in [5, 5.41) is 37.1. The summed E-state index contributed by atoms with van der Waals surface area (Å²) in [6.07, 6.45) is -2.05. The molecule has 8 nitrogen and oxygen atoms in total. The van der Waals surface area contributed by atoms with Gasteiger partial charge in [-0.2, -0.15) is 11.8 Å². The standard InChI is InChI=1S/C10H17NO7S/c12-2-1-3-19-5-6(10(17)18)11-9(16)7(13)4-8(14)15/h6-7,12-13H,1-5H2,(H,11,16)(H,14,15)(H,17,18)/t6-,7?/m0/s1. The summed E-state index contributed by atoms with van der Waals surface area (Å²) in [7, 11) is 0. The maximum atomic E-state index is 11.3. The van der Waals surface area contributed by atoms with Gasteiger partial charge in [-0.1, -0.05) is 0 Å². The second kappa shape index (κ2) is 9.59. The molecule has 0 heterocycles. The van der Waals surface area contributed by atoms with Crippen LogP contribution in [0, 0.1) is 0 Å². The van der Waals surface area contributed by atoms with E-state index in [1.807, 2.05) is 0 Å². The van der Waals surface area contributed by atoms with Crippen LogP contribution in [0.15, 0.2) is 0 Å². The van der Waals surface area contributed by atoms with E-state index in [1.54, 1.807) is 0 Å². The second-order valence-electron chi connectivity index (χ2n) is 3.67. The Balaban J connectivity index is 4.22. The molecule has 0 aliphatic heterocycles. The first-order chi connectivity index (χ1) is 8.88. The van der Waals surface area contributed by atoms with Gasteiger partial charge in [0.25, 0.3) is 0 Å². The molecule has 0 bridgehead atoms. The Morgan fingerprint density at radius 2 is 1.84 bits per heavy atom. The summed E-state index contributed by atoms with van der Waals surface area (Å²) in [4.78, 5) is 32.5. The highest BCUT2D eigenvalue weighted by atomic mass is 32.2. The molecular weight excluding hydrogens is 278 g/mol. The van der Waals surface area contributed by atoms with Crippen molar-refractivity contribution >= 4 is 29.6 Å². The van der Waals surface area contributed by atoms with E-state index in [4.69, 9.17) is 15.3 Å². The molecule has 0 aromatic heterocycles. The van der Waals surface area contributed by atoms with Gasteiger partial charge in [-0.05, 0) is 12.2 Å². The highest BCUT2D eigenvalue weighted by molar-refractivity contribution is 7.99. The Bertz CT molecular complexity index is 323. The van der Waals surface area contributed by atoms with E-state index < -0.39 is 36.4 Å². The van der Waals surface area contributed by atoms with Crippen molar-refractivity contribution in [1.29, 1.82) is 0 Å². The Kier molecular flexibility index (Phi) is 8.92. The van der Waals surface area contributed by atoms with Gasteiger partial charge in [0.1, 0.15) is 12.1 Å². The number of aliphatic hydroxyl groups is 2. The molecule has 0 saturated heterocycles. The van der Waals surface area contributed by atoms with Crippen molar-refractivity contribution in [2.45, 2.75) is 25.0 Å². The zero-order valence-electron chi connectivity index (χ0n) is 10.1. The highest BCUT2D eigenvalue weighted by Crippen LogP contribution is 2.06. The Morgan fingerprint density at radius 3 is 2.32 bits per heavy atom. The first-order valence-electron chi connectivity index (χ1n) is 5.50. The van der Waals surface area contributed by atoms with Crippen LogP contribution in [0.2, 0.25) is 0 Å². The Hall–Kier alpha value is -1.32. The summed E-state index contributed by atoms with van der Waals surface area (Å²) in [6, 6.07) is -1.21. The number of hydrogen-bond donors (Lipinski definition) is 5. The summed E-state index contributed by atoms with van der Waals surface area (Å²) >= 11 is 1.23. The lowest BCUT2D eigenvalue weighted by molar-refractivity contribution is -0.146. The molecule has 5 N–H and O–H groups in total. The minimum absolute atomic E-state index is 0.00553. The van der Waals surface area contributed by atoms with Crippen LogP contribution in [0.4, 0.5) is 0 Å². The molecule has 9 heteroatoms. The minimum atomic E-state index is -1.78. The van der Waals surface area contributed by atoms with Crippen LogP contribution in [0.25, 0.3) is 0 Å². The summed E-state index contributed by atoms with van der Waals surface area (Å²) in [5.41, 5.74) is 0. The summed E-state index contributed by atoms with van der Waals surface area (Å²) in [6.45, 7) is -0.00553. The van der Waals surface area contributed by atoms with Gasteiger partial charge in [-0.3, -0.25) is 9.59 Å². The van der Waals surface area contributed by atoms with E-state index in [0.29, 0.717) is 12.2 Å². The van der Waals surface area contributed by atoms with Crippen LogP contribution >= 0.6 is 11.8 Å². The smallest absolute Gasteiger partial charge is 0.327 e. The number of carboxylic acid groups (broad SMARTS) is 2.